The smallest absolute Gasteiger partial charge is 0.301 e. The number of fused-ring (bicyclic) bond motifs is 1. The van der Waals surface area contributed by atoms with Crippen LogP contribution >= 0.6 is 0 Å². The van der Waals surface area contributed by atoms with Crippen LogP contribution in [0.5, 0.6) is 5.75 Å². The lowest BCUT2D eigenvalue weighted by molar-refractivity contribution is -0.114. The Kier molecular flexibility index (Phi) is 4.93. The second-order valence-corrected chi connectivity index (χ2v) is 7.71. The highest BCUT2D eigenvalue weighted by Gasteiger charge is 2.39. The quantitative estimate of drug-likeness (QED) is 0.571. The molecule has 0 fully saturated rings. The van der Waals surface area contributed by atoms with Crippen LogP contribution in [-0.4, -0.2) is 36.2 Å². The standard InChI is InChI=1S/C25H20FN3O3/c1-32-19-6-4-5-17(13-19)21-14-23(16-9-11-18(26)12-10-16)29(27-21)15-28-22-8-3-2-7-20(22)24(30)25(28)31/h2-13,23H,14-15H2,1H3/t23-/m0/s1. The predicted molar refractivity (Wildman–Crippen MR) is 118 cm³/mol. The number of nitrogens with zero attached hydrogens (tertiary/aromatic N) is 3. The molecule has 0 spiro atoms. The van der Waals surface area contributed by atoms with Gasteiger partial charge in [0, 0.05) is 12.0 Å². The number of para-hydroxylation sites is 1. The maximum Gasteiger partial charge on any atom is 0.301 e. The van der Waals surface area contributed by atoms with Crippen molar-refractivity contribution < 1.29 is 18.7 Å². The highest BCUT2D eigenvalue weighted by atomic mass is 19.1. The molecule has 0 N–H and O–H groups in total. The molecular formula is C25H20FN3O3. The summed E-state index contributed by atoms with van der Waals surface area (Å²) in [6.45, 7) is 0.108. The maximum atomic E-state index is 13.5. The molecule has 0 saturated heterocycles. The summed E-state index contributed by atoms with van der Waals surface area (Å²) in [6, 6.07) is 20.6. The lowest BCUT2D eigenvalue weighted by Crippen LogP contribution is -2.39. The molecule has 6 nitrogen and oxygen atoms in total. The Morgan fingerprint density at radius 3 is 2.59 bits per heavy atom. The molecule has 2 aliphatic rings. The van der Waals surface area contributed by atoms with E-state index < -0.39 is 11.7 Å². The molecule has 2 heterocycles. The number of Topliss-reactive ketones (excluding diaryl/α,β-unsaturated/α-hetero) is 1. The van der Waals surface area contributed by atoms with Crippen molar-refractivity contribution in [2.24, 2.45) is 5.10 Å². The van der Waals surface area contributed by atoms with Gasteiger partial charge in [0.1, 0.15) is 18.2 Å². The number of rotatable bonds is 5. The molecule has 0 aliphatic carbocycles. The highest BCUT2D eigenvalue weighted by molar-refractivity contribution is 6.52. The zero-order chi connectivity index (χ0) is 22.2. The van der Waals surface area contributed by atoms with Crippen molar-refractivity contribution in [3.63, 3.8) is 0 Å². The summed E-state index contributed by atoms with van der Waals surface area (Å²) in [5.41, 5.74) is 3.57. The molecule has 5 rings (SSSR count). The fraction of sp³-hybridized carbons (Fsp3) is 0.160. The molecule has 160 valence electrons. The number of hydrazone groups is 1. The summed E-state index contributed by atoms with van der Waals surface area (Å²) >= 11 is 0. The SMILES string of the molecule is COc1cccc(C2=NN(CN3C(=O)C(=O)c4ccccc43)[C@H](c3ccc(F)cc3)C2)c1. The molecule has 0 aromatic heterocycles. The summed E-state index contributed by atoms with van der Waals surface area (Å²) in [4.78, 5) is 26.6. The van der Waals surface area contributed by atoms with Gasteiger partial charge in [0.15, 0.2) is 0 Å². The van der Waals surface area contributed by atoms with Gasteiger partial charge >= 0.3 is 5.91 Å². The average molecular weight is 429 g/mol. The minimum absolute atomic E-state index is 0.108. The first-order valence-electron chi connectivity index (χ1n) is 10.2. The Hall–Kier alpha value is -4.00. The van der Waals surface area contributed by atoms with Gasteiger partial charge in [0.05, 0.1) is 30.1 Å². The van der Waals surface area contributed by atoms with Gasteiger partial charge in [-0.25, -0.2) is 4.39 Å². The number of ketones is 1. The zero-order valence-electron chi connectivity index (χ0n) is 17.4. The molecule has 32 heavy (non-hydrogen) atoms. The lowest BCUT2D eigenvalue weighted by Gasteiger charge is -2.28. The fourth-order valence-electron chi connectivity index (χ4n) is 4.17. The minimum atomic E-state index is -0.575. The predicted octanol–water partition coefficient (Wildman–Crippen LogP) is 4.17. The van der Waals surface area contributed by atoms with Crippen molar-refractivity contribution in [2.45, 2.75) is 12.5 Å². The number of methoxy groups -OCH3 is 1. The largest absolute Gasteiger partial charge is 0.497 e. The summed E-state index contributed by atoms with van der Waals surface area (Å²) < 4.78 is 18.9. The van der Waals surface area contributed by atoms with E-state index in [0.717, 1.165) is 22.6 Å². The molecule has 1 atom stereocenters. The van der Waals surface area contributed by atoms with E-state index in [1.165, 1.54) is 17.0 Å². The van der Waals surface area contributed by atoms with Crippen LogP contribution in [0.2, 0.25) is 0 Å². The van der Waals surface area contributed by atoms with E-state index in [1.807, 2.05) is 24.3 Å². The Balaban J connectivity index is 1.51. The van der Waals surface area contributed by atoms with E-state index in [1.54, 1.807) is 48.5 Å². The Labute approximate surface area is 184 Å². The van der Waals surface area contributed by atoms with E-state index in [4.69, 9.17) is 9.84 Å². The van der Waals surface area contributed by atoms with Crippen molar-refractivity contribution in [2.75, 3.05) is 18.7 Å². The average Bonchev–Trinajstić information content (AvgIpc) is 3.35. The number of amides is 1. The topological polar surface area (TPSA) is 62.2 Å². The van der Waals surface area contributed by atoms with Crippen LogP contribution in [-0.2, 0) is 4.79 Å². The first-order chi connectivity index (χ1) is 15.5. The van der Waals surface area contributed by atoms with Crippen LogP contribution in [0.15, 0.2) is 77.9 Å². The third-order valence-corrected chi connectivity index (χ3v) is 5.82. The van der Waals surface area contributed by atoms with Gasteiger partial charge in [-0.2, -0.15) is 5.10 Å². The number of carbonyl (C=O) groups is 2. The second kappa shape index (κ2) is 7.92. The number of halogens is 1. The first-order valence-corrected chi connectivity index (χ1v) is 10.2. The Morgan fingerprint density at radius 1 is 1.03 bits per heavy atom. The third kappa shape index (κ3) is 3.41. The van der Waals surface area contributed by atoms with Gasteiger partial charge < -0.3 is 4.74 Å². The van der Waals surface area contributed by atoms with E-state index in [2.05, 4.69) is 0 Å². The van der Waals surface area contributed by atoms with Crippen molar-refractivity contribution in [1.29, 1.82) is 0 Å². The molecule has 3 aromatic rings. The lowest BCUT2D eigenvalue weighted by atomic mass is 9.98. The van der Waals surface area contributed by atoms with E-state index in [-0.39, 0.29) is 18.5 Å². The normalized spacial score (nSPS) is 17.6. The fourth-order valence-corrected chi connectivity index (χ4v) is 4.17. The number of hydrogen-bond acceptors (Lipinski definition) is 5. The molecule has 1 amide bonds. The molecule has 0 radical (unpaired) electrons. The van der Waals surface area contributed by atoms with Crippen LogP contribution in [0.25, 0.3) is 0 Å². The number of benzene rings is 3. The summed E-state index contributed by atoms with van der Waals surface area (Å²) in [5, 5.41) is 6.59. The van der Waals surface area contributed by atoms with Crippen LogP contribution in [0.1, 0.15) is 33.9 Å². The van der Waals surface area contributed by atoms with Crippen LogP contribution in [0.3, 0.4) is 0 Å². The van der Waals surface area contributed by atoms with Gasteiger partial charge in [-0.15, -0.1) is 0 Å². The van der Waals surface area contributed by atoms with Crippen molar-refractivity contribution in [1.82, 2.24) is 5.01 Å². The molecule has 7 heteroatoms. The van der Waals surface area contributed by atoms with Crippen molar-refractivity contribution >= 4 is 23.1 Å². The third-order valence-electron chi connectivity index (χ3n) is 5.82. The second-order valence-electron chi connectivity index (χ2n) is 7.71. The van der Waals surface area contributed by atoms with E-state index in [9.17, 15) is 14.0 Å². The summed E-state index contributed by atoms with van der Waals surface area (Å²) in [7, 11) is 1.61. The maximum absolute atomic E-state index is 13.5. The molecule has 3 aromatic carbocycles. The van der Waals surface area contributed by atoms with Crippen molar-refractivity contribution in [3.05, 3.63) is 95.3 Å². The van der Waals surface area contributed by atoms with Crippen LogP contribution < -0.4 is 9.64 Å². The molecule has 0 unspecified atom stereocenters. The van der Waals surface area contributed by atoms with Gasteiger partial charge in [-0.3, -0.25) is 19.5 Å². The summed E-state index contributed by atoms with van der Waals surface area (Å²) in [6.07, 6.45) is 0.566. The first kappa shape index (κ1) is 19.9. The summed E-state index contributed by atoms with van der Waals surface area (Å²) in [5.74, 6) is -0.693. The highest BCUT2D eigenvalue weighted by Crippen LogP contribution is 2.36. The number of anilines is 1. The van der Waals surface area contributed by atoms with E-state index in [0.29, 0.717) is 17.7 Å². The molecule has 0 bridgehead atoms. The Bertz CT molecular complexity index is 1240. The van der Waals surface area contributed by atoms with Gasteiger partial charge in [0.25, 0.3) is 5.78 Å². The molecular weight excluding hydrogens is 409 g/mol. The molecule has 0 saturated carbocycles. The number of ether oxygens (including phenoxy) is 1. The number of carbonyl (C=O) groups excluding carboxylic acids is 2. The Morgan fingerprint density at radius 2 is 1.81 bits per heavy atom. The number of hydrogen-bond donors (Lipinski definition) is 0. The van der Waals surface area contributed by atoms with Gasteiger partial charge in [-0.05, 0) is 42.0 Å². The van der Waals surface area contributed by atoms with Crippen LogP contribution in [0.4, 0.5) is 10.1 Å². The van der Waals surface area contributed by atoms with Crippen LogP contribution in [0, 0.1) is 5.82 Å². The monoisotopic (exact) mass is 429 g/mol. The zero-order valence-corrected chi connectivity index (χ0v) is 17.4. The van der Waals surface area contributed by atoms with E-state index >= 15 is 0 Å². The minimum Gasteiger partial charge on any atom is -0.497 e. The molecule has 2 aliphatic heterocycles. The van der Waals surface area contributed by atoms with Crippen molar-refractivity contribution in [3.8, 4) is 5.75 Å². The van der Waals surface area contributed by atoms with Gasteiger partial charge in [0.2, 0.25) is 0 Å². The van der Waals surface area contributed by atoms with Gasteiger partial charge in [-0.1, -0.05) is 36.4 Å².